The highest BCUT2D eigenvalue weighted by Crippen LogP contribution is 2.25. The van der Waals surface area contributed by atoms with E-state index in [4.69, 9.17) is 11.6 Å². The summed E-state index contributed by atoms with van der Waals surface area (Å²) in [5.41, 5.74) is 5.05. The van der Waals surface area contributed by atoms with E-state index in [0.717, 1.165) is 27.2 Å². The highest BCUT2D eigenvalue weighted by Gasteiger charge is 2.12. The second kappa shape index (κ2) is 7.29. The maximum absolute atomic E-state index is 12.4. The van der Waals surface area contributed by atoms with Crippen LogP contribution in [-0.4, -0.2) is 22.2 Å². The summed E-state index contributed by atoms with van der Waals surface area (Å²) in [5, 5.41) is 17.0. The van der Waals surface area contributed by atoms with Crippen LogP contribution in [0, 0.1) is 6.92 Å². The summed E-state index contributed by atoms with van der Waals surface area (Å²) in [6, 6.07) is 18.4. The molecule has 0 spiro atoms. The molecule has 0 atom stereocenters. The largest absolute Gasteiger partial charge is 0.507 e. The average molecular weight is 390 g/mol. The number of aromatic hydroxyl groups is 1. The molecule has 4 rings (SSSR count). The Morgan fingerprint density at radius 1 is 1.07 bits per heavy atom. The Morgan fingerprint density at radius 2 is 1.82 bits per heavy atom. The lowest BCUT2D eigenvalue weighted by atomic mass is 10.1. The van der Waals surface area contributed by atoms with Gasteiger partial charge >= 0.3 is 0 Å². The van der Waals surface area contributed by atoms with E-state index >= 15 is 0 Å². The van der Waals surface area contributed by atoms with Crippen molar-refractivity contribution in [2.75, 3.05) is 0 Å². The van der Waals surface area contributed by atoms with Crippen molar-refractivity contribution in [1.82, 2.24) is 10.4 Å². The second-order valence-electron chi connectivity index (χ2n) is 6.48. The van der Waals surface area contributed by atoms with Gasteiger partial charge in [0.2, 0.25) is 0 Å². The van der Waals surface area contributed by atoms with Gasteiger partial charge < -0.3 is 5.11 Å². The minimum atomic E-state index is -0.514. The number of nitrogens with one attached hydrogen (secondary N) is 1. The first-order valence-electron chi connectivity index (χ1n) is 8.63. The van der Waals surface area contributed by atoms with E-state index in [-0.39, 0.29) is 11.3 Å². The molecule has 28 heavy (non-hydrogen) atoms. The maximum atomic E-state index is 12.4. The summed E-state index contributed by atoms with van der Waals surface area (Å²) in [4.78, 5) is 16.8. The second-order valence-corrected chi connectivity index (χ2v) is 6.84. The molecule has 0 fully saturated rings. The quantitative estimate of drug-likeness (QED) is 0.299. The molecule has 6 heteroatoms. The van der Waals surface area contributed by atoms with Gasteiger partial charge in [0.1, 0.15) is 10.9 Å². The van der Waals surface area contributed by atoms with E-state index in [2.05, 4.69) is 15.5 Å². The fourth-order valence-corrected chi connectivity index (χ4v) is 3.19. The SMILES string of the molecule is Cc1ccc2cc(/C=N\NC(=O)c3cc4ccccc4cc3O)c(Cl)nc2c1. The van der Waals surface area contributed by atoms with E-state index in [0.29, 0.717) is 10.7 Å². The number of hydrogen-bond donors (Lipinski definition) is 2. The number of nitrogens with zero attached hydrogens (tertiary/aromatic N) is 2. The third kappa shape index (κ3) is 3.52. The molecule has 1 heterocycles. The van der Waals surface area contributed by atoms with Crippen LogP contribution in [0.25, 0.3) is 21.7 Å². The number of amides is 1. The Balaban J connectivity index is 1.57. The standard InChI is InChI=1S/C22H16ClN3O2/c1-13-6-7-16-9-17(21(23)25-19(16)8-13)12-24-26-22(28)18-10-14-4-2-3-5-15(14)11-20(18)27/h2-12,27H,1H3,(H,26,28)/b24-12-. The Hall–Kier alpha value is -3.44. The Labute approximate surface area is 166 Å². The number of hydrazone groups is 1. The first-order valence-corrected chi connectivity index (χ1v) is 9.01. The van der Waals surface area contributed by atoms with Crippen molar-refractivity contribution in [2.24, 2.45) is 5.10 Å². The average Bonchev–Trinajstić information content (AvgIpc) is 2.67. The Bertz CT molecular complexity index is 1250. The summed E-state index contributed by atoms with van der Waals surface area (Å²) in [6.07, 6.45) is 1.44. The Kier molecular flexibility index (Phi) is 4.67. The van der Waals surface area contributed by atoms with Gasteiger partial charge in [-0.2, -0.15) is 5.10 Å². The number of halogens is 1. The van der Waals surface area contributed by atoms with E-state index in [1.165, 1.54) is 6.21 Å². The summed E-state index contributed by atoms with van der Waals surface area (Å²) >= 11 is 6.22. The number of rotatable bonds is 3. The van der Waals surface area contributed by atoms with Crippen molar-refractivity contribution in [3.8, 4) is 5.75 Å². The fraction of sp³-hybridized carbons (Fsp3) is 0.0455. The minimum absolute atomic E-state index is 0.104. The number of phenolic OH excluding ortho intramolecular Hbond substituents is 1. The molecule has 0 bridgehead atoms. The predicted octanol–water partition coefficient (Wildman–Crippen LogP) is 4.82. The molecule has 138 valence electrons. The molecule has 1 aromatic heterocycles. The minimum Gasteiger partial charge on any atom is -0.507 e. The normalized spacial score (nSPS) is 11.4. The van der Waals surface area contributed by atoms with E-state index in [1.807, 2.05) is 55.5 Å². The molecule has 0 aliphatic rings. The lowest BCUT2D eigenvalue weighted by Crippen LogP contribution is -2.17. The van der Waals surface area contributed by atoms with Gasteiger partial charge in [0.25, 0.3) is 5.91 Å². The summed E-state index contributed by atoms with van der Waals surface area (Å²) in [5.74, 6) is -0.618. The smallest absolute Gasteiger partial charge is 0.275 e. The molecule has 0 aliphatic carbocycles. The molecule has 0 aliphatic heterocycles. The van der Waals surface area contributed by atoms with E-state index in [1.54, 1.807) is 12.1 Å². The fourth-order valence-electron chi connectivity index (χ4n) is 2.99. The molecule has 4 aromatic rings. The molecule has 0 radical (unpaired) electrons. The first-order chi connectivity index (χ1) is 13.5. The molecule has 3 aromatic carbocycles. The van der Waals surface area contributed by atoms with E-state index < -0.39 is 5.91 Å². The highest BCUT2D eigenvalue weighted by atomic mass is 35.5. The topological polar surface area (TPSA) is 74.6 Å². The van der Waals surface area contributed by atoms with Crippen LogP contribution < -0.4 is 5.43 Å². The van der Waals surface area contributed by atoms with Gasteiger partial charge in [0.05, 0.1) is 17.3 Å². The number of benzene rings is 3. The number of carbonyl (C=O) groups excluding carboxylic acids is 1. The molecule has 2 N–H and O–H groups in total. The van der Waals surface area contributed by atoms with Crippen LogP contribution in [0.4, 0.5) is 0 Å². The first kappa shape index (κ1) is 17.9. The van der Waals surface area contributed by atoms with Crippen LogP contribution in [0.15, 0.2) is 65.8 Å². The maximum Gasteiger partial charge on any atom is 0.275 e. The van der Waals surface area contributed by atoms with Gasteiger partial charge in [-0.3, -0.25) is 4.79 Å². The third-order valence-electron chi connectivity index (χ3n) is 4.43. The lowest BCUT2D eigenvalue weighted by Gasteiger charge is -2.06. The van der Waals surface area contributed by atoms with Gasteiger partial charge in [-0.25, -0.2) is 10.4 Å². The van der Waals surface area contributed by atoms with Crippen molar-refractivity contribution in [1.29, 1.82) is 0 Å². The Morgan fingerprint density at radius 3 is 2.61 bits per heavy atom. The van der Waals surface area contributed by atoms with Crippen molar-refractivity contribution >= 4 is 45.4 Å². The number of carbonyl (C=O) groups is 1. The molecule has 0 saturated heterocycles. The summed E-state index contributed by atoms with van der Waals surface area (Å²) in [6.45, 7) is 1.99. The zero-order chi connectivity index (χ0) is 19.7. The molecular formula is C22H16ClN3O2. The van der Waals surface area contributed by atoms with Crippen molar-refractivity contribution in [2.45, 2.75) is 6.92 Å². The van der Waals surface area contributed by atoms with Crippen LogP contribution in [0.3, 0.4) is 0 Å². The number of hydrogen-bond acceptors (Lipinski definition) is 4. The van der Waals surface area contributed by atoms with Gasteiger partial charge in [0, 0.05) is 10.9 Å². The van der Waals surface area contributed by atoms with Crippen LogP contribution in [0.5, 0.6) is 5.75 Å². The molecule has 5 nitrogen and oxygen atoms in total. The molecule has 0 unspecified atom stereocenters. The van der Waals surface area contributed by atoms with Crippen molar-refractivity contribution in [3.05, 3.63) is 82.5 Å². The van der Waals surface area contributed by atoms with Crippen LogP contribution in [0.2, 0.25) is 5.15 Å². The van der Waals surface area contributed by atoms with Gasteiger partial charge in [-0.1, -0.05) is 48.0 Å². The number of fused-ring (bicyclic) bond motifs is 2. The monoisotopic (exact) mass is 389 g/mol. The third-order valence-corrected chi connectivity index (χ3v) is 4.73. The van der Waals surface area contributed by atoms with Gasteiger partial charge in [-0.15, -0.1) is 0 Å². The molecule has 1 amide bonds. The zero-order valence-corrected chi connectivity index (χ0v) is 15.7. The van der Waals surface area contributed by atoms with Crippen molar-refractivity contribution < 1.29 is 9.90 Å². The zero-order valence-electron chi connectivity index (χ0n) is 15.0. The number of aromatic nitrogens is 1. The lowest BCUT2D eigenvalue weighted by molar-refractivity contribution is 0.0952. The highest BCUT2D eigenvalue weighted by molar-refractivity contribution is 6.32. The van der Waals surface area contributed by atoms with E-state index in [9.17, 15) is 9.90 Å². The number of pyridine rings is 1. The van der Waals surface area contributed by atoms with Crippen LogP contribution in [-0.2, 0) is 0 Å². The van der Waals surface area contributed by atoms with Crippen LogP contribution >= 0.6 is 11.6 Å². The molecular weight excluding hydrogens is 374 g/mol. The molecule has 0 saturated carbocycles. The van der Waals surface area contributed by atoms with Crippen molar-refractivity contribution in [3.63, 3.8) is 0 Å². The van der Waals surface area contributed by atoms with Gasteiger partial charge in [-0.05, 0) is 47.5 Å². The predicted molar refractivity (Wildman–Crippen MR) is 112 cm³/mol. The summed E-state index contributed by atoms with van der Waals surface area (Å²) in [7, 11) is 0. The summed E-state index contributed by atoms with van der Waals surface area (Å²) < 4.78 is 0. The van der Waals surface area contributed by atoms with Crippen LogP contribution in [0.1, 0.15) is 21.5 Å². The number of aryl methyl sites for hydroxylation is 1. The number of phenols is 1. The van der Waals surface area contributed by atoms with Gasteiger partial charge in [0.15, 0.2) is 0 Å².